The van der Waals surface area contributed by atoms with Crippen molar-refractivity contribution < 1.29 is 12.8 Å². The molecule has 4 rings (SSSR count). The Morgan fingerprint density at radius 1 is 1.07 bits per heavy atom. The monoisotopic (exact) mass is 424 g/mol. The lowest BCUT2D eigenvalue weighted by atomic mass is 10.1. The van der Waals surface area contributed by atoms with Gasteiger partial charge in [0.25, 0.3) is 10.0 Å². The van der Waals surface area contributed by atoms with Crippen molar-refractivity contribution in [1.29, 1.82) is 0 Å². The van der Waals surface area contributed by atoms with Crippen LogP contribution in [0.5, 0.6) is 0 Å². The molecule has 0 aliphatic rings. The van der Waals surface area contributed by atoms with Crippen molar-refractivity contribution in [2.24, 2.45) is 16.5 Å². The minimum atomic E-state index is -3.86. The zero-order valence-corrected chi connectivity index (χ0v) is 17.1. The molecule has 1 heterocycles. The Labute approximate surface area is 173 Å². The van der Waals surface area contributed by atoms with Gasteiger partial charge in [-0.25, -0.2) is 8.42 Å². The maximum Gasteiger partial charge on any atom is 0.325 e. The number of rotatable bonds is 5. The molecule has 0 amide bonds. The van der Waals surface area contributed by atoms with Gasteiger partial charge in [0.2, 0.25) is 0 Å². The van der Waals surface area contributed by atoms with Gasteiger partial charge >= 0.3 is 6.01 Å². The molecule has 0 unspecified atom stereocenters. The third kappa shape index (κ3) is 3.60. The van der Waals surface area contributed by atoms with Crippen LogP contribution in [0.15, 0.2) is 68.9 Å². The van der Waals surface area contributed by atoms with E-state index in [-0.39, 0.29) is 16.9 Å². The highest BCUT2D eigenvalue weighted by Crippen LogP contribution is 2.31. The van der Waals surface area contributed by atoms with Crippen LogP contribution in [0.3, 0.4) is 0 Å². The van der Waals surface area contributed by atoms with Crippen LogP contribution in [-0.4, -0.2) is 33.5 Å². The smallest absolute Gasteiger partial charge is 0.325 e. The fraction of sp³-hybridized carbons (Fsp3) is 0.100. The van der Waals surface area contributed by atoms with E-state index in [2.05, 4.69) is 14.7 Å². The number of nitrogens with zero attached hydrogens (tertiary/aromatic N) is 3. The third-order valence-electron chi connectivity index (χ3n) is 4.48. The molecule has 1 aromatic heterocycles. The Bertz CT molecular complexity index is 1390. The Hall–Kier alpha value is -3.79. The van der Waals surface area contributed by atoms with Gasteiger partial charge in [-0.1, -0.05) is 24.3 Å². The third-order valence-corrected chi connectivity index (χ3v) is 5.92. The second-order valence-electron chi connectivity index (χ2n) is 6.84. The number of fused-ring (bicyclic) bond motifs is 2. The Morgan fingerprint density at radius 2 is 1.80 bits per heavy atom. The number of oxazole rings is 1. The lowest BCUT2D eigenvalue weighted by Crippen LogP contribution is -2.21. The molecule has 0 saturated carbocycles. The fourth-order valence-electron chi connectivity index (χ4n) is 3.24. The number of hydrogen-bond donors (Lipinski definition) is 3. The maximum absolute atomic E-state index is 13.2. The van der Waals surface area contributed by atoms with Crippen molar-refractivity contribution in [1.82, 2.24) is 4.98 Å². The zero-order valence-electron chi connectivity index (χ0n) is 16.3. The highest BCUT2D eigenvalue weighted by atomic mass is 32.2. The molecule has 0 fully saturated rings. The average molecular weight is 424 g/mol. The molecule has 0 radical (unpaired) electrons. The van der Waals surface area contributed by atoms with Gasteiger partial charge in [0.05, 0.1) is 10.6 Å². The molecule has 0 aliphatic heterocycles. The molecule has 154 valence electrons. The van der Waals surface area contributed by atoms with Gasteiger partial charge in [-0.3, -0.25) is 4.72 Å². The predicted octanol–water partition coefficient (Wildman–Crippen LogP) is 2.75. The van der Waals surface area contributed by atoms with E-state index in [1.807, 2.05) is 37.2 Å². The van der Waals surface area contributed by atoms with Crippen molar-refractivity contribution in [2.45, 2.75) is 4.90 Å². The van der Waals surface area contributed by atoms with E-state index in [4.69, 9.17) is 15.9 Å². The maximum atomic E-state index is 13.2. The van der Waals surface area contributed by atoms with Gasteiger partial charge in [-0.15, -0.1) is 0 Å². The summed E-state index contributed by atoms with van der Waals surface area (Å²) in [4.78, 5) is 10.0. The van der Waals surface area contributed by atoms with Crippen molar-refractivity contribution in [3.63, 3.8) is 0 Å². The van der Waals surface area contributed by atoms with Crippen LogP contribution in [-0.2, 0) is 10.0 Å². The van der Waals surface area contributed by atoms with E-state index < -0.39 is 10.0 Å². The number of anilines is 2. The summed E-state index contributed by atoms with van der Waals surface area (Å²) in [6, 6.07) is 15.5. The number of aliphatic imine (C=N–C) groups is 1. The number of nitrogens with one attached hydrogen (secondary N) is 1. The van der Waals surface area contributed by atoms with Crippen LogP contribution in [0.1, 0.15) is 0 Å². The molecule has 9 nitrogen and oxygen atoms in total. The van der Waals surface area contributed by atoms with Crippen LogP contribution in [0.2, 0.25) is 0 Å². The minimum Gasteiger partial charge on any atom is -0.422 e. The molecule has 4 aromatic rings. The van der Waals surface area contributed by atoms with Gasteiger partial charge in [-0.05, 0) is 30.3 Å². The van der Waals surface area contributed by atoms with E-state index >= 15 is 0 Å². The lowest BCUT2D eigenvalue weighted by Gasteiger charge is -2.17. The van der Waals surface area contributed by atoms with E-state index in [1.165, 1.54) is 0 Å². The molecule has 0 saturated heterocycles. The summed E-state index contributed by atoms with van der Waals surface area (Å²) in [7, 11) is -0.0285. The number of sulfonamides is 1. The lowest BCUT2D eigenvalue weighted by molar-refractivity contribution is 0.602. The Balaban J connectivity index is 1.75. The van der Waals surface area contributed by atoms with Crippen LogP contribution in [0.25, 0.3) is 21.9 Å². The molecule has 0 bridgehead atoms. The van der Waals surface area contributed by atoms with Crippen LogP contribution in [0, 0.1) is 0 Å². The van der Waals surface area contributed by atoms with Crippen molar-refractivity contribution in [3.8, 4) is 0 Å². The number of guanidine groups is 1. The highest BCUT2D eigenvalue weighted by Gasteiger charge is 2.19. The Morgan fingerprint density at radius 3 is 2.53 bits per heavy atom. The Kier molecular flexibility index (Phi) is 4.70. The highest BCUT2D eigenvalue weighted by molar-refractivity contribution is 7.93. The van der Waals surface area contributed by atoms with Crippen molar-refractivity contribution >= 4 is 55.2 Å². The summed E-state index contributed by atoms with van der Waals surface area (Å²) >= 11 is 0. The van der Waals surface area contributed by atoms with E-state index in [1.54, 1.807) is 36.4 Å². The standard InChI is InChI=1S/C20H20N6O3S/c1-26(2)16-7-3-6-14-13(16)5-4-8-18(14)30(27,28)25-12-9-10-17-15(11-12)23-20(29-17)24-19(21)22/h3-11,25H,1-2H3,(H4,21,22,23,24). The van der Waals surface area contributed by atoms with Crippen molar-refractivity contribution in [2.75, 3.05) is 23.7 Å². The SMILES string of the molecule is CN(C)c1cccc2c(S(=O)(=O)Nc3ccc4oc(N=C(N)N)nc4c3)cccc12. The number of hydrogen-bond acceptors (Lipinski definition) is 6. The quantitative estimate of drug-likeness (QED) is 0.330. The second-order valence-corrected chi connectivity index (χ2v) is 8.49. The number of aromatic nitrogens is 1. The summed E-state index contributed by atoms with van der Waals surface area (Å²) in [6.45, 7) is 0. The summed E-state index contributed by atoms with van der Waals surface area (Å²) in [5.41, 5.74) is 12.8. The normalized spacial score (nSPS) is 11.5. The summed E-state index contributed by atoms with van der Waals surface area (Å²) in [5.74, 6) is -0.185. The van der Waals surface area contributed by atoms with Crippen molar-refractivity contribution in [3.05, 3.63) is 54.6 Å². The largest absolute Gasteiger partial charge is 0.422 e. The topological polar surface area (TPSA) is 140 Å². The predicted molar refractivity (Wildman–Crippen MR) is 119 cm³/mol. The molecule has 30 heavy (non-hydrogen) atoms. The molecular weight excluding hydrogens is 404 g/mol. The summed E-state index contributed by atoms with van der Waals surface area (Å²) in [5, 5.41) is 1.48. The van der Waals surface area contributed by atoms with E-state index in [9.17, 15) is 8.42 Å². The van der Waals surface area contributed by atoms with Gasteiger partial charge in [0.1, 0.15) is 5.52 Å². The summed E-state index contributed by atoms with van der Waals surface area (Å²) < 4.78 is 34.3. The summed E-state index contributed by atoms with van der Waals surface area (Å²) in [6.07, 6.45) is 0. The molecule has 5 N–H and O–H groups in total. The van der Waals surface area contributed by atoms with Gasteiger partial charge in [0.15, 0.2) is 11.5 Å². The minimum absolute atomic E-state index is 0.00437. The molecule has 0 atom stereocenters. The van der Waals surface area contributed by atoms with Crippen LogP contribution in [0.4, 0.5) is 17.4 Å². The first-order valence-electron chi connectivity index (χ1n) is 8.97. The molecular formula is C20H20N6O3S. The first-order chi connectivity index (χ1) is 14.2. The second kappa shape index (κ2) is 7.23. The molecule has 0 aliphatic carbocycles. The van der Waals surface area contributed by atoms with E-state index in [0.29, 0.717) is 22.2 Å². The zero-order chi connectivity index (χ0) is 21.5. The van der Waals surface area contributed by atoms with Crippen LogP contribution >= 0.6 is 0 Å². The first kappa shape index (κ1) is 19.5. The first-order valence-corrected chi connectivity index (χ1v) is 10.4. The molecule has 0 spiro atoms. The van der Waals surface area contributed by atoms with Gasteiger partial charge in [0, 0.05) is 30.6 Å². The van der Waals surface area contributed by atoms with Gasteiger partial charge < -0.3 is 20.8 Å². The number of benzene rings is 3. The average Bonchev–Trinajstić information content (AvgIpc) is 3.07. The molecule has 3 aromatic carbocycles. The van der Waals surface area contributed by atoms with Crippen LogP contribution < -0.4 is 21.1 Å². The van der Waals surface area contributed by atoms with Gasteiger partial charge in [-0.2, -0.15) is 9.98 Å². The molecule has 10 heteroatoms. The fourth-order valence-corrected chi connectivity index (χ4v) is 4.51. The van der Waals surface area contributed by atoms with E-state index in [0.717, 1.165) is 11.1 Å². The number of nitrogens with two attached hydrogens (primary N) is 2.